The van der Waals surface area contributed by atoms with Gasteiger partial charge >= 0.3 is 6.03 Å². The molecule has 19 heavy (non-hydrogen) atoms. The Hall–Kier alpha value is -1.67. The molecule has 1 fully saturated rings. The molecule has 1 aliphatic rings. The summed E-state index contributed by atoms with van der Waals surface area (Å²) in [7, 11) is -1.95. The van der Waals surface area contributed by atoms with Crippen LogP contribution in [0.15, 0.2) is 29.4 Å². The second kappa shape index (κ2) is 5.54. The summed E-state index contributed by atoms with van der Waals surface area (Å²) in [5.41, 5.74) is 0. The number of pyridine rings is 1. The Morgan fingerprint density at radius 2 is 2.00 bits per heavy atom. The fourth-order valence-corrected chi connectivity index (χ4v) is 3.33. The van der Waals surface area contributed by atoms with Crippen molar-refractivity contribution < 1.29 is 13.2 Å². The van der Waals surface area contributed by atoms with Gasteiger partial charge in [0, 0.05) is 45.6 Å². The van der Waals surface area contributed by atoms with Gasteiger partial charge in [-0.3, -0.25) is 4.98 Å². The number of hydrogen-bond acceptors (Lipinski definition) is 4. The first kappa shape index (κ1) is 13.8. The normalized spacial score (nSPS) is 17.2. The molecule has 2 amide bonds. The molecule has 0 saturated carbocycles. The van der Waals surface area contributed by atoms with Crippen LogP contribution in [0, 0.1) is 0 Å². The molecule has 0 aromatic carbocycles. The van der Waals surface area contributed by atoms with Gasteiger partial charge < -0.3 is 10.2 Å². The Morgan fingerprint density at radius 1 is 1.32 bits per heavy atom. The molecule has 1 aliphatic heterocycles. The van der Waals surface area contributed by atoms with Crippen molar-refractivity contribution in [2.24, 2.45) is 0 Å². The number of hydrogen-bond donors (Lipinski definition) is 1. The molecule has 0 radical (unpaired) electrons. The van der Waals surface area contributed by atoms with E-state index < -0.39 is 10.0 Å². The molecule has 0 bridgehead atoms. The van der Waals surface area contributed by atoms with Gasteiger partial charge in [-0.15, -0.1) is 0 Å². The molecule has 1 saturated heterocycles. The van der Waals surface area contributed by atoms with Crippen molar-refractivity contribution in [1.82, 2.24) is 19.5 Å². The third kappa shape index (κ3) is 2.85. The molecule has 8 heteroatoms. The summed E-state index contributed by atoms with van der Waals surface area (Å²) in [4.78, 5) is 17.0. The maximum atomic E-state index is 12.3. The van der Waals surface area contributed by atoms with Crippen LogP contribution < -0.4 is 5.32 Å². The molecular weight excluding hydrogens is 268 g/mol. The first-order valence-corrected chi connectivity index (χ1v) is 7.36. The van der Waals surface area contributed by atoms with Gasteiger partial charge in [0.2, 0.25) is 10.0 Å². The summed E-state index contributed by atoms with van der Waals surface area (Å²) >= 11 is 0. The smallest absolute Gasteiger partial charge is 0.317 e. The van der Waals surface area contributed by atoms with Crippen LogP contribution in [0.1, 0.15) is 0 Å². The standard InChI is InChI=1S/C11H16N4O3S/c1-12-11(16)14-5-7-15(8-6-14)19(17,18)10-3-2-4-13-9-10/h2-4,9H,5-8H2,1H3,(H,12,16). The summed E-state index contributed by atoms with van der Waals surface area (Å²) < 4.78 is 26.0. The lowest BCUT2D eigenvalue weighted by Crippen LogP contribution is -2.52. The van der Waals surface area contributed by atoms with Crippen molar-refractivity contribution in [3.8, 4) is 0 Å². The minimum absolute atomic E-state index is 0.182. The van der Waals surface area contributed by atoms with Crippen LogP contribution in [0.3, 0.4) is 0 Å². The van der Waals surface area contributed by atoms with E-state index in [9.17, 15) is 13.2 Å². The number of aromatic nitrogens is 1. The van der Waals surface area contributed by atoms with E-state index in [1.807, 2.05) is 0 Å². The van der Waals surface area contributed by atoms with Crippen molar-refractivity contribution in [1.29, 1.82) is 0 Å². The quantitative estimate of drug-likeness (QED) is 0.810. The Morgan fingerprint density at radius 3 is 2.53 bits per heavy atom. The first-order valence-electron chi connectivity index (χ1n) is 5.92. The highest BCUT2D eigenvalue weighted by Crippen LogP contribution is 2.16. The highest BCUT2D eigenvalue weighted by molar-refractivity contribution is 7.89. The second-order valence-electron chi connectivity index (χ2n) is 4.14. The number of carbonyl (C=O) groups excluding carboxylic acids is 1. The number of piperazine rings is 1. The Balaban J connectivity index is 2.08. The number of amides is 2. The lowest BCUT2D eigenvalue weighted by atomic mass is 10.4. The van der Waals surface area contributed by atoms with Crippen molar-refractivity contribution in [2.75, 3.05) is 33.2 Å². The molecule has 0 spiro atoms. The zero-order valence-electron chi connectivity index (χ0n) is 10.6. The van der Waals surface area contributed by atoms with Gasteiger partial charge in [0.15, 0.2) is 0 Å². The number of nitrogens with one attached hydrogen (secondary N) is 1. The molecule has 2 heterocycles. The van der Waals surface area contributed by atoms with Crippen LogP contribution in [-0.4, -0.2) is 61.9 Å². The zero-order valence-corrected chi connectivity index (χ0v) is 11.4. The molecule has 1 N–H and O–H groups in total. The summed E-state index contributed by atoms with van der Waals surface area (Å²) in [6.45, 7) is 1.37. The molecule has 1 aromatic heterocycles. The topological polar surface area (TPSA) is 82.6 Å². The predicted molar refractivity (Wildman–Crippen MR) is 69.0 cm³/mol. The first-order chi connectivity index (χ1) is 9.05. The Labute approximate surface area is 112 Å². The van der Waals surface area contributed by atoms with Gasteiger partial charge in [0.25, 0.3) is 0 Å². The molecule has 0 unspecified atom stereocenters. The second-order valence-corrected chi connectivity index (χ2v) is 6.07. The predicted octanol–water partition coefficient (Wildman–Crippen LogP) is -0.273. The SMILES string of the molecule is CNC(=O)N1CCN(S(=O)(=O)c2cccnc2)CC1. The third-order valence-electron chi connectivity index (χ3n) is 3.01. The molecule has 7 nitrogen and oxygen atoms in total. The van der Waals surface area contributed by atoms with Crippen LogP contribution in [0.2, 0.25) is 0 Å². The largest absolute Gasteiger partial charge is 0.341 e. The van der Waals surface area contributed by atoms with Gasteiger partial charge in [-0.25, -0.2) is 13.2 Å². The number of nitrogens with zero attached hydrogens (tertiary/aromatic N) is 3. The van der Waals surface area contributed by atoms with Gasteiger partial charge in [0.1, 0.15) is 4.90 Å². The number of rotatable bonds is 2. The molecule has 0 aliphatic carbocycles. The van der Waals surface area contributed by atoms with Crippen LogP contribution in [-0.2, 0) is 10.0 Å². The van der Waals surface area contributed by atoms with E-state index in [-0.39, 0.29) is 10.9 Å². The van der Waals surface area contributed by atoms with E-state index in [0.717, 1.165) is 0 Å². The highest BCUT2D eigenvalue weighted by atomic mass is 32.2. The fourth-order valence-electron chi connectivity index (χ4n) is 1.94. The maximum absolute atomic E-state index is 12.3. The fraction of sp³-hybridized carbons (Fsp3) is 0.455. The van der Waals surface area contributed by atoms with E-state index in [0.29, 0.717) is 26.2 Å². The molecular formula is C11H16N4O3S. The van der Waals surface area contributed by atoms with Crippen molar-refractivity contribution in [3.05, 3.63) is 24.5 Å². The summed E-state index contributed by atoms with van der Waals surface area (Å²) in [5.74, 6) is 0. The molecule has 0 atom stereocenters. The minimum Gasteiger partial charge on any atom is -0.341 e. The molecule has 104 valence electrons. The van der Waals surface area contributed by atoms with Gasteiger partial charge in [-0.05, 0) is 12.1 Å². The van der Waals surface area contributed by atoms with Gasteiger partial charge in [-0.1, -0.05) is 0 Å². The van der Waals surface area contributed by atoms with E-state index in [4.69, 9.17) is 0 Å². The highest BCUT2D eigenvalue weighted by Gasteiger charge is 2.29. The Bertz CT molecular complexity index is 538. The maximum Gasteiger partial charge on any atom is 0.317 e. The lowest BCUT2D eigenvalue weighted by Gasteiger charge is -2.33. The van der Waals surface area contributed by atoms with Crippen molar-refractivity contribution in [2.45, 2.75) is 4.90 Å². The van der Waals surface area contributed by atoms with Crippen LogP contribution in [0.5, 0.6) is 0 Å². The van der Waals surface area contributed by atoms with Crippen LogP contribution in [0.4, 0.5) is 4.79 Å². The molecule has 1 aromatic rings. The third-order valence-corrected chi connectivity index (χ3v) is 4.89. The molecule has 2 rings (SSSR count). The zero-order chi connectivity index (χ0) is 13.9. The van der Waals surface area contributed by atoms with Crippen LogP contribution >= 0.6 is 0 Å². The average molecular weight is 284 g/mol. The van der Waals surface area contributed by atoms with E-state index >= 15 is 0 Å². The van der Waals surface area contributed by atoms with E-state index in [1.54, 1.807) is 18.0 Å². The average Bonchev–Trinajstić information content (AvgIpc) is 2.47. The number of urea groups is 1. The Kier molecular flexibility index (Phi) is 4.01. The van der Waals surface area contributed by atoms with E-state index in [2.05, 4.69) is 10.3 Å². The van der Waals surface area contributed by atoms with Gasteiger partial charge in [0.05, 0.1) is 0 Å². The van der Waals surface area contributed by atoms with Gasteiger partial charge in [-0.2, -0.15) is 4.31 Å². The summed E-state index contributed by atoms with van der Waals surface area (Å²) in [6.07, 6.45) is 2.86. The van der Waals surface area contributed by atoms with Crippen LogP contribution in [0.25, 0.3) is 0 Å². The minimum atomic E-state index is -3.51. The summed E-state index contributed by atoms with van der Waals surface area (Å²) in [5, 5.41) is 2.53. The van der Waals surface area contributed by atoms with Crippen molar-refractivity contribution in [3.63, 3.8) is 0 Å². The van der Waals surface area contributed by atoms with E-state index in [1.165, 1.54) is 22.8 Å². The lowest BCUT2D eigenvalue weighted by molar-refractivity contribution is 0.174. The monoisotopic (exact) mass is 284 g/mol. The number of sulfonamides is 1. The number of carbonyl (C=O) groups is 1. The van der Waals surface area contributed by atoms with Crippen molar-refractivity contribution >= 4 is 16.1 Å². The summed E-state index contributed by atoms with van der Waals surface area (Å²) in [6, 6.07) is 2.93.